The molecule has 6 nitrogen and oxygen atoms in total. The number of nitrogens with zero attached hydrogens (tertiary/aromatic N) is 1. The fourth-order valence-corrected chi connectivity index (χ4v) is 2.93. The zero-order valence-corrected chi connectivity index (χ0v) is 14.8. The van der Waals surface area contributed by atoms with Crippen molar-refractivity contribution in [1.29, 1.82) is 0 Å². The molecule has 1 amide bonds. The van der Waals surface area contributed by atoms with E-state index in [0.29, 0.717) is 37.3 Å². The van der Waals surface area contributed by atoms with Gasteiger partial charge in [0.15, 0.2) is 0 Å². The van der Waals surface area contributed by atoms with Crippen molar-refractivity contribution in [3.8, 4) is 0 Å². The van der Waals surface area contributed by atoms with Crippen molar-refractivity contribution in [2.45, 2.75) is 20.3 Å². The van der Waals surface area contributed by atoms with Crippen LogP contribution in [-0.2, 0) is 10.0 Å². The highest BCUT2D eigenvalue weighted by atomic mass is 35.5. The van der Waals surface area contributed by atoms with Gasteiger partial charge in [-0.2, -0.15) is 0 Å². The zero-order chi connectivity index (χ0) is 16.0. The quantitative estimate of drug-likeness (QED) is 0.575. The average Bonchev–Trinajstić information content (AvgIpc) is 2.39. The molecule has 8 heteroatoms. The van der Waals surface area contributed by atoms with Crippen molar-refractivity contribution in [1.82, 2.24) is 9.62 Å². The molecule has 0 atom stereocenters. The number of nitrogen functional groups attached to an aromatic ring is 1. The van der Waals surface area contributed by atoms with Crippen molar-refractivity contribution in [2.24, 2.45) is 0 Å². The number of hydrogen-bond donors (Lipinski definition) is 2. The van der Waals surface area contributed by atoms with E-state index in [4.69, 9.17) is 5.73 Å². The number of nitrogens with one attached hydrogen (secondary N) is 1. The number of rotatable bonds is 7. The third-order valence-corrected chi connectivity index (χ3v) is 4.58. The lowest BCUT2D eigenvalue weighted by molar-refractivity contribution is 0.0952. The van der Waals surface area contributed by atoms with Crippen LogP contribution in [0.25, 0.3) is 0 Å². The summed E-state index contributed by atoms with van der Waals surface area (Å²) in [5.41, 5.74) is 7.62. The van der Waals surface area contributed by atoms with Crippen LogP contribution in [0.15, 0.2) is 18.2 Å². The monoisotopic (exact) mass is 349 g/mol. The number of amides is 1. The van der Waals surface area contributed by atoms with E-state index in [0.717, 1.165) is 5.56 Å². The van der Waals surface area contributed by atoms with Crippen LogP contribution in [0.3, 0.4) is 0 Å². The molecule has 1 aromatic carbocycles. The first-order valence-corrected chi connectivity index (χ1v) is 8.70. The van der Waals surface area contributed by atoms with E-state index in [1.54, 1.807) is 25.1 Å². The van der Waals surface area contributed by atoms with E-state index in [-0.39, 0.29) is 18.3 Å². The Morgan fingerprint density at radius 3 is 2.55 bits per heavy atom. The highest BCUT2D eigenvalue weighted by Gasteiger charge is 2.14. The number of aryl methyl sites for hydroxylation is 1. The second kappa shape index (κ2) is 8.97. The van der Waals surface area contributed by atoms with Gasteiger partial charge in [-0.25, -0.2) is 12.7 Å². The maximum Gasteiger partial charge on any atom is 0.251 e. The Labute approximate surface area is 138 Å². The molecular weight excluding hydrogens is 326 g/mol. The fraction of sp³-hybridized carbons (Fsp3) is 0.500. The Morgan fingerprint density at radius 2 is 2.00 bits per heavy atom. The number of anilines is 1. The summed E-state index contributed by atoms with van der Waals surface area (Å²) in [7, 11) is -3.18. The first-order chi connectivity index (χ1) is 9.75. The van der Waals surface area contributed by atoms with Crippen LogP contribution in [-0.4, -0.2) is 44.5 Å². The van der Waals surface area contributed by atoms with Gasteiger partial charge in [0.25, 0.3) is 5.91 Å². The molecule has 1 rings (SSSR count). The molecule has 0 heterocycles. The smallest absolute Gasteiger partial charge is 0.251 e. The number of sulfonamides is 1. The highest BCUT2D eigenvalue weighted by Crippen LogP contribution is 2.12. The predicted molar refractivity (Wildman–Crippen MR) is 91.9 cm³/mol. The summed E-state index contributed by atoms with van der Waals surface area (Å²) in [6.45, 7) is 4.87. The molecular formula is C14H24ClN3O3S. The normalized spacial score (nSPS) is 11.1. The first-order valence-electron chi connectivity index (χ1n) is 6.85. The van der Waals surface area contributed by atoms with Crippen LogP contribution in [0, 0.1) is 6.92 Å². The minimum atomic E-state index is -3.18. The first kappa shape index (κ1) is 20.7. The second-order valence-electron chi connectivity index (χ2n) is 4.94. The van der Waals surface area contributed by atoms with Crippen LogP contribution in [0.5, 0.6) is 0 Å². The number of nitrogens with two attached hydrogens (primary N) is 1. The fourth-order valence-electron chi connectivity index (χ4n) is 2.00. The standard InChI is InChI=1S/C14H23N3O3S.ClH/c1-4-17(21(3,19)20)9-5-8-16-14(18)13-10-12(15)7-6-11(13)2;/h6-7,10H,4-5,8-9,15H2,1-3H3,(H,16,18);1H. The molecule has 1 aromatic rings. The molecule has 0 unspecified atom stereocenters. The van der Waals surface area contributed by atoms with Gasteiger partial charge in [0.05, 0.1) is 6.26 Å². The molecule has 126 valence electrons. The van der Waals surface area contributed by atoms with E-state index < -0.39 is 10.0 Å². The van der Waals surface area contributed by atoms with Gasteiger partial charge in [-0.05, 0) is 31.0 Å². The van der Waals surface area contributed by atoms with Gasteiger partial charge in [0, 0.05) is 30.9 Å². The van der Waals surface area contributed by atoms with E-state index in [2.05, 4.69) is 5.32 Å². The Kier molecular flexibility index (Phi) is 8.44. The van der Waals surface area contributed by atoms with Gasteiger partial charge in [0.2, 0.25) is 10.0 Å². The lowest BCUT2D eigenvalue weighted by atomic mass is 10.1. The van der Waals surface area contributed by atoms with Gasteiger partial charge < -0.3 is 11.1 Å². The summed E-state index contributed by atoms with van der Waals surface area (Å²) in [6, 6.07) is 5.18. The van der Waals surface area contributed by atoms with Crippen LogP contribution < -0.4 is 11.1 Å². The molecule has 0 bridgehead atoms. The number of benzene rings is 1. The second-order valence-corrected chi connectivity index (χ2v) is 6.92. The van der Waals surface area contributed by atoms with Gasteiger partial charge in [-0.1, -0.05) is 13.0 Å². The number of hydrogen-bond acceptors (Lipinski definition) is 4. The van der Waals surface area contributed by atoms with E-state index in [1.165, 1.54) is 10.6 Å². The van der Waals surface area contributed by atoms with Crippen molar-refractivity contribution in [3.63, 3.8) is 0 Å². The van der Waals surface area contributed by atoms with Crippen molar-refractivity contribution in [2.75, 3.05) is 31.6 Å². The minimum Gasteiger partial charge on any atom is -0.399 e. The maximum atomic E-state index is 12.0. The Hall–Kier alpha value is -1.31. The molecule has 0 radical (unpaired) electrons. The SMILES string of the molecule is CCN(CCCNC(=O)c1cc(N)ccc1C)S(C)(=O)=O.Cl. The molecule has 0 fully saturated rings. The molecule has 0 spiro atoms. The van der Waals surface area contributed by atoms with E-state index in [9.17, 15) is 13.2 Å². The number of halogens is 1. The molecule has 0 saturated carbocycles. The predicted octanol–water partition coefficient (Wildman–Crippen LogP) is 1.40. The van der Waals surface area contributed by atoms with Crippen LogP contribution in [0.2, 0.25) is 0 Å². The molecule has 22 heavy (non-hydrogen) atoms. The third kappa shape index (κ3) is 6.21. The third-order valence-electron chi connectivity index (χ3n) is 3.20. The van der Waals surface area contributed by atoms with Crippen LogP contribution >= 0.6 is 12.4 Å². The van der Waals surface area contributed by atoms with Gasteiger partial charge >= 0.3 is 0 Å². The Balaban J connectivity index is 0.00000441. The molecule has 3 N–H and O–H groups in total. The summed E-state index contributed by atoms with van der Waals surface area (Å²) >= 11 is 0. The zero-order valence-electron chi connectivity index (χ0n) is 13.1. The average molecular weight is 350 g/mol. The Bertz CT molecular complexity index is 605. The molecule has 0 aliphatic heterocycles. The molecule has 0 aliphatic rings. The minimum absolute atomic E-state index is 0. The lowest BCUT2D eigenvalue weighted by Gasteiger charge is -2.17. The van der Waals surface area contributed by atoms with Crippen LogP contribution in [0.4, 0.5) is 5.69 Å². The topological polar surface area (TPSA) is 92.5 Å². The number of carbonyl (C=O) groups is 1. The van der Waals surface area contributed by atoms with E-state index >= 15 is 0 Å². The van der Waals surface area contributed by atoms with E-state index in [1.807, 2.05) is 6.92 Å². The summed E-state index contributed by atoms with van der Waals surface area (Å²) in [5.74, 6) is -0.192. The lowest BCUT2D eigenvalue weighted by Crippen LogP contribution is -2.33. The van der Waals surface area contributed by atoms with Crippen LogP contribution in [0.1, 0.15) is 29.3 Å². The molecule has 0 aliphatic carbocycles. The van der Waals surface area contributed by atoms with Gasteiger partial charge in [0.1, 0.15) is 0 Å². The summed E-state index contributed by atoms with van der Waals surface area (Å²) in [4.78, 5) is 12.0. The summed E-state index contributed by atoms with van der Waals surface area (Å²) in [5, 5.41) is 2.78. The van der Waals surface area contributed by atoms with Gasteiger partial charge in [-0.15, -0.1) is 12.4 Å². The van der Waals surface area contributed by atoms with Crippen molar-refractivity contribution >= 4 is 34.0 Å². The largest absolute Gasteiger partial charge is 0.399 e. The number of carbonyl (C=O) groups excluding carboxylic acids is 1. The molecule has 0 aromatic heterocycles. The van der Waals surface area contributed by atoms with Crippen molar-refractivity contribution in [3.05, 3.63) is 29.3 Å². The summed E-state index contributed by atoms with van der Waals surface area (Å²) in [6.07, 6.45) is 1.75. The molecule has 0 saturated heterocycles. The highest BCUT2D eigenvalue weighted by molar-refractivity contribution is 7.88. The maximum absolute atomic E-state index is 12.0. The van der Waals surface area contributed by atoms with Crippen molar-refractivity contribution < 1.29 is 13.2 Å². The Morgan fingerprint density at radius 1 is 1.36 bits per heavy atom. The summed E-state index contributed by atoms with van der Waals surface area (Å²) < 4.78 is 24.2. The van der Waals surface area contributed by atoms with Gasteiger partial charge in [-0.3, -0.25) is 4.79 Å².